The molecule has 2 heterocycles. The fourth-order valence-electron chi connectivity index (χ4n) is 2.81. The van der Waals surface area contributed by atoms with Gasteiger partial charge in [-0.05, 0) is 49.4 Å². The Morgan fingerprint density at radius 3 is 2.40 bits per heavy atom. The van der Waals surface area contributed by atoms with Crippen LogP contribution >= 0.6 is 22.9 Å². The van der Waals surface area contributed by atoms with E-state index in [0.29, 0.717) is 21.3 Å². The lowest BCUT2D eigenvalue weighted by atomic mass is 10.2. The van der Waals surface area contributed by atoms with Crippen LogP contribution in [-0.2, 0) is 0 Å². The number of anilines is 1. The Bertz CT molecular complexity index is 1230. The smallest absolute Gasteiger partial charge is 0.269 e. The van der Waals surface area contributed by atoms with E-state index in [9.17, 15) is 9.59 Å². The number of aromatic nitrogens is 3. The molecule has 0 spiro atoms. The summed E-state index contributed by atoms with van der Waals surface area (Å²) in [5, 5.41) is 8.39. The van der Waals surface area contributed by atoms with Crippen LogP contribution in [0.1, 0.15) is 25.9 Å². The molecule has 0 unspecified atom stereocenters. The van der Waals surface area contributed by atoms with Crippen LogP contribution < -0.4 is 11.1 Å². The maximum atomic E-state index is 12.7. The summed E-state index contributed by atoms with van der Waals surface area (Å²) in [6.45, 7) is 1.81. The highest BCUT2D eigenvalue weighted by Gasteiger charge is 2.16. The van der Waals surface area contributed by atoms with Crippen LogP contribution in [0.4, 0.5) is 5.69 Å². The van der Waals surface area contributed by atoms with E-state index in [1.54, 1.807) is 48.7 Å². The minimum Gasteiger partial charge on any atom is -0.364 e. The van der Waals surface area contributed by atoms with Gasteiger partial charge in [-0.15, -0.1) is 11.3 Å². The van der Waals surface area contributed by atoms with Gasteiger partial charge in [-0.25, -0.2) is 9.67 Å². The van der Waals surface area contributed by atoms with Crippen LogP contribution in [0.5, 0.6) is 0 Å². The van der Waals surface area contributed by atoms with Crippen molar-refractivity contribution in [3.8, 4) is 16.3 Å². The third kappa shape index (κ3) is 4.10. The van der Waals surface area contributed by atoms with Crippen molar-refractivity contribution in [2.45, 2.75) is 6.92 Å². The summed E-state index contributed by atoms with van der Waals surface area (Å²) in [7, 11) is 0. The van der Waals surface area contributed by atoms with Gasteiger partial charge in [0, 0.05) is 22.5 Å². The topological polar surface area (TPSA) is 103 Å². The largest absolute Gasteiger partial charge is 0.364 e. The van der Waals surface area contributed by atoms with Gasteiger partial charge in [0.15, 0.2) is 0 Å². The molecule has 3 N–H and O–H groups in total. The zero-order valence-electron chi connectivity index (χ0n) is 15.8. The molecule has 0 atom stereocenters. The van der Waals surface area contributed by atoms with Crippen LogP contribution in [0.2, 0.25) is 5.02 Å². The quantitative estimate of drug-likeness (QED) is 0.485. The highest BCUT2D eigenvalue weighted by molar-refractivity contribution is 7.17. The molecule has 0 radical (unpaired) electrons. The molecule has 0 aliphatic rings. The molecule has 0 aliphatic carbocycles. The molecule has 0 aliphatic heterocycles. The Morgan fingerprint density at radius 1 is 1.07 bits per heavy atom. The van der Waals surface area contributed by atoms with Crippen LogP contribution in [-0.4, -0.2) is 26.6 Å². The second-order valence-electron chi connectivity index (χ2n) is 6.45. The first-order valence-electron chi connectivity index (χ1n) is 8.91. The fraction of sp³-hybridized carbons (Fsp3) is 0.0476. The predicted molar refractivity (Wildman–Crippen MR) is 117 cm³/mol. The number of primary amides is 1. The Balaban J connectivity index is 1.50. The van der Waals surface area contributed by atoms with Crippen molar-refractivity contribution in [1.82, 2.24) is 14.8 Å². The number of hydrogen-bond donors (Lipinski definition) is 2. The number of amides is 2. The number of carbonyl (C=O) groups excluding carboxylic acids is 2. The molecule has 150 valence electrons. The molecule has 0 fully saturated rings. The van der Waals surface area contributed by atoms with Crippen LogP contribution in [0.25, 0.3) is 16.3 Å². The van der Waals surface area contributed by atoms with E-state index in [-0.39, 0.29) is 11.6 Å². The molecule has 0 saturated carbocycles. The molecule has 4 aromatic rings. The maximum absolute atomic E-state index is 12.7. The summed E-state index contributed by atoms with van der Waals surface area (Å²) in [6.07, 6.45) is 1.65. The highest BCUT2D eigenvalue weighted by Crippen LogP contribution is 2.29. The first-order chi connectivity index (χ1) is 14.4. The molecule has 0 saturated heterocycles. The normalized spacial score (nSPS) is 10.7. The van der Waals surface area contributed by atoms with Gasteiger partial charge in [0.1, 0.15) is 15.6 Å². The number of nitrogens with zero attached hydrogens (tertiary/aromatic N) is 3. The van der Waals surface area contributed by atoms with Gasteiger partial charge in [0.25, 0.3) is 11.8 Å². The van der Waals surface area contributed by atoms with Gasteiger partial charge in [-0.3, -0.25) is 9.59 Å². The molecular formula is C21H16ClN5O2S. The molecule has 2 aromatic heterocycles. The maximum Gasteiger partial charge on any atom is 0.269 e. The van der Waals surface area contributed by atoms with Gasteiger partial charge in [-0.1, -0.05) is 23.7 Å². The molecule has 4 rings (SSSR count). The second-order valence-corrected chi connectivity index (χ2v) is 7.89. The van der Waals surface area contributed by atoms with Crippen molar-refractivity contribution < 1.29 is 9.59 Å². The number of carbonyl (C=O) groups is 2. The number of aryl methyl sites for hydroxylation is 1. The SMILES string of the molecule is Cc1nc(-c2ccc(Cl)cc2)sc1C(=O)Nc1ccc(-n2ccc(C(N)=O)n2)cc1. The summed E-state index contributed by atoms with van der Waals surface area (Å²) < 4.78 is 1.54. The van der Waals surface area contributed by atoms with Crippen molar-refractivity contribution in [3.05, 3.63) is 82.1 Å². The first-order valence-corrected chi connectivity index (χ1v) is 10.1. The minimum absolute atomic E-state index is 0.185. The number of halogens is 1. The standard InChI is InChI=1S/C21H16ClN5O2S/c1-12-18(30-21(24-12)13-2-4-14(22)5-3-13)20(29)25-15-6-8-16(9-7-15)27-11-10-17(26-27)19(23)28/h2-11H,1H3,(H2,23,28)(H,25,29). The molecule has 9 heteroatoms. The van der Waals surface area contributed by atoms with Crippen LogP contribution in [0, 0.1) is 6.92 Å². The number of rotatable bonds is 5. The van der Waals surface area contributed by atoms with E-state index < -0.39 is 5.91 Å². The van der Waals surface area contributed by atoms with Gasteiger partial charge >= 0.3 is 0 Å². The fourth-order valence-corrected chi connectivity index (χ4v) is 3.90. The van der Waals surface area contributed by atoms with E-state index in [1.807, 2.05) is 19.1 Å². The second kappa shape index (κ2) is 8.10. The minimum atomic E-state index is -0.587. The van der Waals surface area contributed by atoms with Crippen molar-refractivity contribution in [2.75, 3.05) is 5.32 Å². The zero-order chi connectivity index (χ0) is 21.3. The summed E-state index contributed by atoms with van der Waals surface area (Å²) in [4.78, 5) is 29.0. The Labute approximate surface area is 181 Å². The number of benzene rings is 2. The molecule has 2 aromatic carbocycles. The lowest BCUT2D eigenvalue weighted by Gasteiger charge is -2.06. The van der Waals surface area contributed by atoms with Gasteiger partial charge in [0.2, 0.25) is 0 Å². The Morgan fingerprint density at radius 2 is 1.77 bits per heavy atom. The molecule has 0 bridgehead atoms. The van der Waals surface area contributed by atoms with E-state index in [1.165, 1.54) is 16.0 Å². The number of thiazole rings is 1. The number of nitrogens with two attached hydrogens (primary N) is 1. The van der Waals surface area contributed by atoms with Crippen molar-refractivity contribution in [2.24, 2.45) is 5.73 Å². The summed E-state index contributed by atoms with van der Waals surface area (Å²) in [5.41, 5.74) is 8.35. The van der Waals surface area contributed by atoms with E-state index in [4.69, 9.17) is 17.3 Å². The average Bonchev–Trinajstić information content (AvgIpc) is 3.36. The van der Waals surface area contributed by atoms with Gasteiger partial charge < -0.3 is 11.1 Å². The van der Waals surface area contributed by atoms with Crippen molar-refractivity contribution in [3.63, 3.8) is 0 Å². The Hall–Kier alpha value is -3.49. The van der Waals surface area contributed by atoms with Crippen LogP contribution in [0.3, 0.4) is 0 Å². The lowest BCUT2D eigenvalue weighted by Crippen LogP contribution is -2.12. The van der Waals surface area contributed by atoms with Gasteiger partial charge in [-0.2, -0.15) is 5.10 Å². The number of nitrogens with one attached hydrogen (secondary N) is 1. The van der Waals surface area contributed by atoms with Crippen molar-refractivity contribution in [1.29, 1.82) is 0 Å². The monoisotopic (exact) mass is 437 g/mol. The molecule has 30 heavy (non-hydrogen) atoms. The summed E-state index contributed by atoms with van der Waals surface area (Å²) in [5.74, 6) is -0.816. The highest BCUT2D eigenvalue weighted by atomic mass is 35.5. The summed E-state index contributed by atoms with van der Waals surface area (Å²) >= 11 is 7.26. The van der Waals surface area contributed by atoms with E-state index in [0.717, 1.165) is 16.3 Å². The summed E-state index contributed by atoms with van der Waals surface area (Å²) in [6, 6.07) is 16.0. The lowest BCUT2D eigenvalue weighted by molar-refractivity contribution is 0.0993. The van der Waals surface area contributed by atoms with E-state index >= 15 is 0 Å². The van der Waals surface area contributed by atoms with Gasteiger partial charge in [0.05, 0.1) is 11.4 Å². The Kier molecular flexibility index (Phi) is 5.35. The third-order valence-corrected chi connectivity index (χ3v) is 5.78. The average molecular weight is 438 g/mol. The molecule has 7 nitrogen and oxygen atoms in total. The zero-order valence-corrected chi connectivity index (χ0v) is 17.4. The van der Waals surface area contributed by atoms with Crippen LogP contribution in [0.15, 0.2) is 60.8 Å². The third-order valence-electron chi connectivity index (χ3n) is 4.33. The van der Waals surface area contributed by atoms with E-state index in [2.05, 4.69) is 15.4 Å². The van der Waals surface area contributed by atoms with Crippen molar-refractivity contribution >= 4 is 40.4 Å². The first kappa shape index (κ1) is 19.8. The molecular weight excluding hydrogens is 422 g/mol. The molecule has 2 amide bonds. The number of hydrogen-bond acceptors (Lipinski definition) is 5. The predicted octanol–water partition coefficient (Wildman–Crippen LogP) is 4.31.